The van der Waals surface area contributed by atoms with E-state index in [1.807, 2.05) is 0 Å². The molecule has 4 nitrogen and oxygen atoms in total. The second kappa shape index (κ2) is 3.72. The molecular formula is C8H12FNO3. The fraction of sp³-hybridized carbons (Fsp3) is 0.750. The number of alkyl halides is 1. The van der Waals surface area contributed by atoms with Crippen LogP contribution in [0.3, 0.4) is 0 Å². The summed E-state index contributed by atoms with van der Waals surface area (Å²) in [6.07, 6.45) is -1.16. The van der Waals surface area contributed by atoms with Crippen LogP contribution in [0.1, 0.15) is 13.3 Å². The van der Waals surface area contributed by atoms with Crippen LogP contribution in [0, 0.1) is 5.92 Å². The number of hydrogen-bond acceptors (Lipinski definition) is 3. The fourth-order valence-electron chi connectivity index (χ4n) is 1.51. The molecule has 1 heterocycles. The van der Waals surface area contributed by atoms with Gasteiger partial charge in [0.1, 0.15) is 6.04 Å². The minimum absolute atomic E-state index is 0.430. The number of carbonyl (C=O) groups is 2. The van der Waals surface area contributed by atoms with Crippen molar-refractivity contribution in [2.24, 2.45) is 5.92 Å². The van der Waals surface area contributed by atoms with Crippen LogP contribution in [0.4, 0.5) is 4.39 Å². The molecule has 5 heteroatoms. The second-order valence-corrected chi connectivity index (χ2v) is 2.98. The molecule has 1 saturated heterocycles. The molecule has 3 atom stereocenters. The lowest BCUT2D eigenvalue weighted by Gasteiger charge is -2.14. The number of hydrogen-bond donors (Lipinski definition) is 1. The van der Waals surface area contributed by atoms with Gasteiger partial charge in [-0.3, -0.25) is 4.79 Å². The van der Waals surface area contributed by atoms with Gasteiger partial charge in [-0.25, -0.2) is 9.18 Å². The number of nitrogens with one attached hydrogen (secondary N) is 1. The van der Waals surface area contributed by atoms with Crippen LogP contribution in [0.15, 0.2) is 0 Å². The van der Waals surface area contributed by atoms with Crippen molar-refractivity contribution in [2.45, 2.75) is 25.6 Å². The van der Waals surface area contributed by atoms with Gasteiger partial charge in [0.05, 0.1) is 7.11 Å². The number of methoxy groups -OCH3 is 1. The molecule has 0 aromatic rings. The maximum atomic E-state index is 13.1. The zero-order valence-electron chi connectivity index (χ0n) is 7.54. The molecule has 0 saturated carbocycles. The SMILES string of the molecule is CC[C@@H]1[C@H](F)C(=O)N[C@@H]1C(=O)OC. The summed E-state index contributed by atoms with van der Waals surface area (Å²) in [5.41, 5.74) is 0. The standard InChI is InChI=1S/C8H12FNO3/c1-3-4-5(9)7(11)10-6(4)8(12)13-2/h4-6H,3H2,1-2H3,(H,10,11)/t4-,5+,6+/m1/s1. The Balaban J connectivity index is 2.76. The molecule has 1 fully saturated rings. The van der Waals surface area contributed by atoms with Crippen LogP contribution in [-0.2, 0) is 14.3 Å². The molecule has 1 aliphatic heterocycles. The number of amides is 1. The molecule has 0 aromatic heterocycles. The lowest BCUT2D eigenvalue weighted by Crippen LogP contribution is -2.37. The maximum absolute atomic E-state index is 13.1. The number of halogens is 1. The Bertz CT molecular complexity index is 231. The maximum Gasteiger partial charge on any atom is 0.328 e. The summed E-state index contributed by atoms with van der Waals surface area (Å²) < 4.78 is 17.6. The van der Waals surface area contributed by atoms with Crippen molar-refractivity contribution in [3.63, 3.8) is 0 Å². The van der Waals surface area contributed by atoms with Crippen molar-refractivity contribution >= 4 is 11.9 Å². The summed E-state index contributed by atoms with van der Waals surface area (Å²) in [6, 6.07) is -0.822. The number of esters is 1. The summed E-state index contributed by atoms with van der Waals surface area (Å²) >= 11 is 0. The Kier molecular flexibility index (Phi) is 2.85. The van der Waals surface area contributed by atoms with Crippen LogP contribution in [0.5, 0.6) is 0 Å². The molecule has 0 bridgehead atoms. The first-order valence-corrected chi connectivity index (χ1v) is 4.14. The van der Waals surface area contributed by atoms with Crippen LogP contribution in [0.25, 0.3) is 0 Å². The summed E-state index contributed by atoms with van der Waals surface area (Å²) in [5.74, 6) is -1.90. The Morgan fingerprint density at radius 2 is 2.31 bits per heavy atom. The van der Waals surface area contributed by atoms with Crippen LogP contribution in [0.2, 0.25) is 0 Å². The van der Waals surface area contributed by atoms with Gasteiger partial charge in [-0.1, -0.05) is 6.92 Å². The Labute approximate surface area is 75.4 Å². The highest BCUT2D eigenvalue weighted by Gasteiger charge is 2.45. The molecule has 0 aromatic carbocycles. The molecule has 13 heavy (non-hydrogen) atoms. The number of ether oxygens (including phenoxy) is 1. The molecule has 74 valence electrons. The van der Waals surface area contributed by atoms with Crippen LogP contribution in [-0.4, -0.2) is 31.2 Å². The van der Waals surface area contributed by atoms with Crippen molar-refractivity contribution in [1.82, 2.24) is 5.32 Å². The molecule has 0 radical (unpaired) electrons. The van der Waals surface area contributed by atoms with E-state index in [-0.39, 0.29) is 0 Å². The van der Waals surface area contributed by atoms with E-state index in [1.165, 1.54) is 7.11 Å². The smallest absolute Gasteiger partial charge is 0.328 e. The van der Waals surface area contributed by atoms with Crippen molar-refractivity contribution < 1.29 is 18.7 Å². The third kappa shape index (κ3) is 1.64. The largest absolute Gasteiger partial charge is 0.467 e. The molecule has 1 N–H and O–H groups in total. The van der Waals surface area contributed by atoms with Gasteiger partial charge >= 0.3 is 5.97 Å². The molecule has 0 aliphatic carbocycles. The molecule has 0 spiro atoms. The zero-order chi connectivity index (χ0) is 10.0. The molecule has 1 aliphatic rings. The Morgan fingerprint density at radius 1 is 1.69 bits per heavy atom. The number of rotatable bonds is 2. The minimum atomic E-state index is -1.59. The highest BCUT2D eigenvalue weighted by Crippen LogP contribution is 2.24. The topological polar surface area (TPSA) is 55.4 Å². The zero-order valence-corrected chi connectivity index (χ0v) is 7.54. The van der Waals surface area contributed by atoms with E-state index in [2.05, 4.69) is 10.1 Å². The highest BCUT2D eigenvalue weighted by molar-refractivity contribution is 5.91. The first-order chi connectivity index (χ1) is 6.11. The molecular weight excluding hydrogens is 177 g/mol. The Hall–Kier alpha value is -1.13. The van der Waals surface area contributed by atoms with Gasteiger partial charge in [-0.2, -0.15) is 0 Å². The summed E-state index contributed by atoms with van der Waals surface area (Å²) in [5, 5.41) is 2.27. The third-order valence-electron chi connectivity index (χ3n) is 2.28. The van der Waals surface area contributed by atoms with Crippen LogP contribution < -0.4 is 5.32 Å². The average Bonchev–Trinajstić information content (AvgIpc) is 2.42. The summed E-state index contributed by atoms with van der Waals surface area (Å²) in [7, 11) is 1.22. The van der Waals surface area contributed by atoms with Gasteiger partial charge in [-0.05, 0) is 6.42 Å². The van der Waals surface area contributed by atoms with E-state index in [1.54, 1.807) is 6.92 Å². The van der Waals surface area contributed by atoms with Gasteiger partial charge in [0, 0.05) is 5.92 Å². The van der Waals surface area contributed by atoms with Gasteiger partial charge in [0.2, 0.25) is 0 Å². The second-order valence-electron chi connectivity index (χ2n) is 2.98. The van der Waals surface area contributed by atoms with E-state index in [9.17, 15) is 14.0 Å². The quantitative estimate of drug-likeness (QED) is 0.623. The fourth-order valence-corrected chi connectivity index (χ4v) is 1.51. The summed E-state index contributed by atoms with van der Waals surface area (Å²) in [6.45, 7) is 1.73. The van der Waals surface area contributed by atoms with Gasteiger partial charge in [0.15, 0.2) is 6.17 Å². The average molecular weight is 189 g/mol. The molecule has 1 amide bonds. The third-order valence-corrected chi connectivity index (χ3v) is 2.28. The predicted octanol–water partition coefficient (Wildman–Crippen LogP) is 0.0221. The van der Waals surface area contributed by atoms with Gasteiger partial charge in [0.25, 0.3) is 5.91 Å². The monoisotopic (exact) mass is 189 g/mol. The van der Waals surface area contributed by atoms with E-state index < -0.39 is 30.0 Å². The van der Waals surface area contributed by atoms with Gasteiger partial charge in [-0.15, -0.1) is 0 Å². The van der Waals surface area contributed by atoms with Crippen LogP contribution >= 0.6 is 0 Å². The first-order valence-electron chi connectivity index (χ1n) is 4.14. The summed E-state index contributed by atoms with van der Waals surface area (Å²) in [4.78, 5) is 22.0. The van der Waals surface area contributed by atoms with E-state index in [0.717, 1.165) is 0 Å². The Morgan fingerprint density at radius 3 is 2.77 bits per heavy atom. The van der Waals surface area contributed by atoms with Crippen molar-refractivity contribution in [3.05, 3.63) is 0 Å². The molecule has 0 unspecified atom stereocenters. The minimum Gasteiger partial charge on any atom is -0.467 e. The molecule has 1 rings (SSSR count). The van der Waals surface area contributed by atoms with E-state index in [4.69, 9.17) is 0 Å². The van der Waals surface area contributed by atoms with Crippen molar-refractivity contribution in [1.29, 1.82) is 0 Å². The normalized spacial score (nSPS) is 32.8. The van der Waals surface area contributed by atoms with E-state index in [0.29, 0.717) is 6.42 Å². The van der Waals surface area contributed by atoms with Gasteiger partial charge < -0.3 is 10.1 Å². The van der Waals surface area contributed by atoms with E-state index >= 15 is 0 Å². The highest BCUT2D eigenvalue weighted by atomic mass is 19.1. The lowest BCUT2D eigenvalue weighted by molar-refractivity contribution is -0.144. The number of carbonyl (C=O) groups excluding carboxylic acids is 2. The lowest BCUT2D eigenvalue weighted by atomic mass is 9.96. The first kappa shape index (κ1) is 9.95. The van der Waals surface area contributed by atoms with Crippen molar-refractivity contribution in [2.75, 3.05) is 7.11 Å². The predicted molar refractivity (Wildman–Crippen MR) is 42.6 cm³/mol. The van der Waals surface area contributed by atoms with Crippen molar-refractivity contribution in [3.8, 4) is 0 Å².